The minimum Gasteiger partial charge on any atom is -0.322 e. The van der Waals surface area contributed by atoms with E-state index >= 15 is 0 Å². The number of benzene rings is 1. The molecule has 0 atom stereocenters. The van der Waals surface area contributed by atoms with Crippen molar-refractivity contribution in [3.8, 4) is 11.3 Å². The third-order valence-electron chi connectivity index (χ3n) is 6.99. The van der Waals surface area contributed by atoms with Crippen molar-refractivity contribution in [1.82, 2.24) is 29.7 Å². The lowest BCUT2D eigenvalue weighted by Crippen LogP contribution is -2.45. The summed E-state index contributed by atoms with van der Waals surface area (Å²) in [7, 11) is -3.65. The van der Waals surface area contributed by atoms with E-state index < -0.39 is 10.0 Å². The number of piperazine rings is 1. The van der Waals surface area contributed by atoms with Gasteiger partial charge in [0.1, 0.15) is 0 Å². The number of hydrogen-bond acceptors (Lipinski definition) is 9. The van der Waals surface area contributed by atoms with Gasteiger partial charge >= 0.3 is 0 Å². The molecule has 0 aliphatic carbocycles. The first kappa shape index (κ1) is 27.6. The average molecular weight is 559 g/mol. The van der Waals surface area contributed by atoms with Crippen LogP contribution in [-0.4, -0.2) is 77.1 Å². The molecule has 3 aromatic heterocycles. The van der Waals surface area contributed by atoms with Gasteiger partial charge in [-0.1, -0.05) is 19.1 Å². The third-order valence-corrected chi connectivity index (χ3v) is 8.07. The molecule has 0 unspecified atom stereocenters. The van der Waals surface area contributed by atoms with Crippen LogP contribution in [0.3, 0.4) is 0 Å². The van der Waals surface area contributed by atoms with E-state index in [1.807, 2.05) is 49.4 Å². The van der Waals surface area contributed by atoms with Gasteiger partial charge in [-0.2, -0.15) is 0 Å². The number of nitrogens with one attached hydrogen (secondary N) is 1. The molecule has 40 heavy (non-hydrogen) atoms. The Morgan fingerprint density at radius 3 is 2.35 bits per heavy atom. The fourth-order valence-electron chi connectivity index (χ4n) is 4.76. The SMILES string of the molecule is CCN1CCN(Cc2ccc(N(c3cnc(C)c(Nc4nccc(-c5cccnc5)n4)c3)S(C)(=O)=O)cc2)CC1. The molecule has 1 aromatic carbocycles. The predicted octanol–water partition coefficient (Wildman–Crippen LogP) is 4.22. The van der Waals surface area contributed by atoms with Crippen LogP contribution in [0.2, 0.25) is 0 Å². The molecule has 0 amide bonds. The standard InChI is InChI=1S/C29H34N8O2S/c1-4-35-14-16-36(17-15-35)21-23-7-9-25(10-8-23)37(40(3,38)39)26-18-28(22(2)32-20-26)34-29-31-13-11-27(33-29)24-6-5-12-30-19-24/h5-13,18-20H,4,14-17,21H2,1-3H3,(H,31,33,34). The fourth-order valence-corrected chi connectivity index (χ4v) is 5.75. The van der Waals surface area contributed by atoms with Gasteiger partial charge in [-0.25, -0.2) is 22.7 Å². The van der Waals surface area contributed by atoms with Crippen molar-refractivity contribution in [2.45, 2.75) is 20.4 Å². The summed E-state index contributed by atoms with van der Waals surface area (Å²) in [5.41, 5.74) is 5.00. The Labute approximate surface area is 235 Å². The number of aromatic nitrogens is 4. The summed E-state index contributed by atoms with van der Waals surface area (Å²) >= 11 is 0. The van der Waals surface area contributed by atoms with Crippen LogP contribution in [0.4, 0.5) is 23.0 Å². The van der Waals surface area contributed by atoms with Crippen molar-refractivity contribution in [3.05, 3.63) is 84.6 Å². The summed E-state index contributed by atoms with van der Waals surface area (Å²) in [6, 6.07) is 15.0. The van der Waals surface area contributed by atoms with Gasteiger partial charge in [0.2, 0.25) is 16.0 Å². The molecule has 1 aliphatic rings. The minimum atomic E-state index is -3.65. The average Bonchev–Trinajstić information content (AvgIpc) is 2.96. The summed E-state index contributed by atoms with van der Waals surface area (Å²) in [4.78, 5) is 22.5. The van der Waals surface area contributed by atoms with Gasteiger partial charge in [0, 0.05) is 56.9 Å². The van der Waals surface area contributed by atoms with Crippen LogP contribution in [-0.2, 0) is 16.6 Å². The highest BCUT2D eigenvalue weighted by molar-refractivity contribution is 7.92. The first-order valence-corrected chi connectivity index (χ1v) is 15.2. The van der Waals surface area contributed by atoms with E-state index in [1.165, 1.54) is 10.6 Å². The molecule has 4 heterocycles. The van der Waals surface area contributed by atoms with E-state index in [0.29, 0.717) is 28.7 Å². The van der Waals surface area contributed by atoms with Crippen molar-refractivity contribution in [3.63, 3.8) is 0 Å². The van der Waals surface area contributed by atoms with Crippen molar-refractivity contribution < 1.29 is 8.42 Å². The number of nitrogens with zero attached hydrogens (tertiary/aromatic N) is 7. The van der Waals surface area contributed by atoms with Crippen LogP contribution >= 0.6 is 0 Å². The molecule has 4 aromatic rings. The monoisotopic (exact) mass is 558 g/mol. The van der Waals surface area contributed by atoms with Gasteiger partial charge in [0.25, 0.3) is 0 Å². The fraction of sp³-hybridized carbons (Fsp3) is 0.310. The maximum Gasteiger partial charge on any atom is 0.236 e. The van der Waals surface area contributed by atoms with E-state index in [0.717, 1.165) is 56.1 Å². The van der Waals surface area contributed by atoms with Crippen LogP contribution in [0.15, 0.2) is 73.3 Å². The number of hydrogen-bond donors (Lipinski definition) is 1. The predicted molar refractivity (Wildman–Crippen MR) is 158 cm³/mol. The molecule has 0 radical (unpaired) electrons. The zero-order valence-electron chi connectivity index (χ0n) is 23.0. The van der Waals surface area contributed by atoms with Gasteiger partial charge in [-0.3, -0.25) is 14.9 Å². The van der Waals surface area contributed by atoms with Crippen LogP contribution in [0.5, 0.6) is 0 Å². The Bertz CT molecular complexity index is 1540. The second-order valence-corrected chi connectivity index (χ2v) is 11.7. The largest absolute Gasteiger partial charge is 0.322 e. The molecule has 1 fully saturated rings. The van der Waals surface area contributed by atoms with Crippen LogP contribution in [0, 0.1) is 6.92 Å². The van der Waals surface area contributed by atoms with Crippen molar-refractivity contribution in [1.29, 1.82) is 0 Å². The molecule has 208 valence electrons. The van der Waals surface area contributed by atoms with Gasteiger partial charge in [-0.15, -0.1) is 0 Å². The molecular formula is C29H34N8O2S. The number of likely N-dealkylation sites (N-methyl/N-ethyl adjacent to an activating group) is 1. The van der Waals surface area contributed by atoms with E-state index in [2.05, 4.69) is 42.0 Å². The molecule has 0 spiro atoms. The Hall–Kier alpha value is -3.93. The molecule has 1 N–H and O–H groups in total. The second-order valence-electron chi connectivity index (χ2n) is 9.86. The number of anilines is 4. The third kappa shape index (κ3) is 6.61. The van der Waals surface area contributed by atoms with Crippen molar-refractivity contribution in [2.24, 2.45) is 0 Å². The molecule has 10 nitrogen and oxygen atoms in total. The molecule has 11 heteroatoms. The maximum atomic E-state index is 13.0. The van der Waals surface area contributed by atoms with E-state index in [4.69, 9.17) is 0 Å². The summed E-state index contributed by atoms with van der Waals surface area (Å²) in [6.45, 7) is 10.2. The minimum absolute atomic E-state index is 0.374. The maximum absolute atomic E-state index is 13.0. The van der Waals surface area contributed by atoms with Crippen LogP contribution < -0.4 is 9.62 Å². The summed E-state index contributed by atoms with van der Waals surface area (Å²) < 4.78 is 27.3. The highest BCUT2D eigenvalue weighted by atomic mass is 32.2. The Morgan fingerprint density at radius 1 is 0.925 bits per heavy atom. The second kappa shape index (κ2) is 12.1. The highest BCUT2D eigenvalue weighted by Crippen LogP contribution is 2.32. The van der Waals surface area contributed by atoms with Gasteiger partial charge in [-0.05, 0) is 55.4 Å². The molecule has 1 saturated heterocycles. The van der Waals surface area contributed by atoms with Gasteiger partial charge in [0.15, 0.2) is 0 Å². The van der Waals surface area contributed by atoms with E-state index in [9.17, 15) is 8.42 Å². The molecular weight excluding hydrogens is 524 g/mol. The molecule has 1 aliphatic heterocycles. The van der Waals surface area contributed by atoms with Crippen molar-refractivity contribution in [2.75, 3.05) is 48.6 Å². The molecule has 0 saturated carbocycles. The quantitative estimate of drug-likeness (QED) is 0.323. The lowest BCUT2D eigenvalue weighted by molar-refractivity contribution is 0.132. The van der Waals surface area contributed by atoms with Gasteiger partial charge in [0.05, 0.1) is 40.9 Å². The first-order chi connectivity index (χ1) is 19.3. The number of aryl methyl sites for hydroxylation is 1. The lowest BCUT2D eigenvalue weighted by atomic mass is 10.1. The van der Waals surface area contributed by atoms with Crippen LogP contribution in [0.25, 0.3) is 11.3 Å². The van der Waals surface area contributed by atoms with Crippen LogP contribution in [0.1, 0.15) is 18.2 Å². The smallest absolute Gasteiger partial charge is 0.236 e. The lowest BCUT2D eigenvalue weighted by Gasteiger charge is -2.34. The van der Waals surface area contributed by atoms with Gasteiger partial charge < -0.3 is 10.2 Å². The Balaban J connectivity index is 1.37. The Kier molecular flexibility index (Phi) is 8.34. The summed E-state index contributed by atoms with van der Waals surface area (Å²) in [6.07, 6.45) is 7.87. The number of sulfonamides is 1. The van der Waals surface area contributed by atoms with E-state index in [-0.39, 0.29) is 0 Å². The first-order valence-electron chi connectivity index (χ1n) is 13.3. The zero-order valence-corrected chi connectivity index (χ0v) is 23.8. The normalized spacial score (nSPS) is 14.7. The highest BCUT2D eigenvalue weighted by Gasteiger charge is 2.22. The van der Waals surface area contributed by atoms with E-state index in [1.54, 1.807) is 30.9 Å². The number of pyridine rings is 2. The Morgan fingerprint density at radius 2 is 1.68 bits per heavy atom. The molecule has 0 bridgehead atoms. The number of rotatable bonds is 9. The summed E-state index contributed by atoms with van der Waals surface area (Å²) in [5, 5.41) is 3.21. The van der Waals surface area contributed by atoms with Crippen molar-refractivity contribution >= 4 is 33.0 Å². The molecule has 5 rings (SSSR count). The topological polar surface area (TPSA) is 107 Å². The zero-order chi connectivity index (χ0) is 28.1. The summed E-state index contributed by atoms with van der Waals surface area (Å²) in [5.74, 6) is 0.374.